The predicted octanol–water partition coefficient (Wildman–Crippen LogP) is 4.16. The van der Waals surface area contributed by atoms with Gasteiger partial charge >= 0.3 is 6.09 Å². The van der Waals surface area contributed by atoms with Gasteiger partial charge < -0.3 is 14.0 Å². The highest BCUT2D eigenvalue weighted by molar-refractivity contribution is 5.85. The second-order valence-corrected chi connectivity index (χ2v) is 7.75. The molecule has 1 aliphatic heterocycles. The van der Waals surface area contributed by atoms with Crippen molar-refractivity contribution in [3.05, 3.63) is 65.2 Å². The maximum atomic E-state index is 13.4. The molecule has 32 heavy (non-hydrogen) atoms. The summed E-state index contributed by atoms with van der Waals surface area (Å²) in [4.78, 5) is 17.0. The van der Waals surface area contributed by atoms with Gasteiger partial charge in [-0.25, -0.2) is 14.2 Å². The molecule has 0 radical (unpaired) electrons. The molecule has 164 valence electrons. The van der Waals surface area contributed by atoms with Crippen LogP contribution in [0, 0.1) is 12.7 Å². The summed E-state index contributed by atoms with van der Waals surface area (Å²) in [6.07, 6.45) is -0.590. The highest BCUT2D eigenvalue weighted by Gasteiger charge is 2.16. The number of imidazole rings is 1. The average molecular weight is 435 g/mol. The molecule has 5 rings (SSSR count). The van der Waals surface area contributed by atoms with Crippen LogP contribution in [0.5, 0.6) is 0 Å². The van der Waals surface area contributed by atoms with Crippen LogP contribution in [0.4, 0.5) is 15.0 Å². The van der Waals surface area contributed by atoms with Crippen LogP contribution in [-0.4, -0.2) is 32.0 Å². The van der Waals surface area contributed by atoms with E-state index in [-0.39, 0.29) is 12.4 Å². The van der Waals surface area contributed by atoms with E-state index in [1.165, 1.54) is 12.1 Å². The zero-order chi connectivity index (χ0) is 22.2. The number of carbonyl (C=O) groups excluding carboxylic acids is 1. The Kier molecular flexibility index (Phi) is 5.10. The Balaban J connectivity index is 1.26. The van der Waals surface area contributed by atoms with Crippen LogP contribution in [0.1, 0.15) is 17.0 Å². The van der Waals surface area contributed by atoms with E-state index >= 15 is 0 Å². The molecule has 1 amide bonds. The van der Waals surface area contributed by atoms with Gasteiger partial charge in [-0.05, 0) is 48.4 Å². The van der Waals surface area contributed by atoms with Gasteiger partial charge in [0.25, 0.3) is 0 Å². The maximum absolute atomic E-state index is 13.4. The lowest BCUT2D eigenvalue weighted by Gasteiger charge is -2.14. The minimum Gasteiger partial charge on any atom is -0.444 e. The first kappa shape index (κ1) is 20.2. The topological polar surface area (TPSA) is 83.2 Å². The predicted molar refractivity (Wildman–Crippen MR) is 117 cm³/mol. The van der Waals surface area contributed by atoms with Crippen LogP contribution in [0.25, 0.3) is 22.3 Å². The van der Waals surface area contributed by atoms with Crippen molar-refractivity contribution in [2.45, 2.75) is 26.7 Å². The molecule has 2 aromatic heterocycles. The minimum absolute atomic E-state index is 0.113. The number of amides is 1. The third-order valence-electron chi connectivity index (χ3n) is 5.53. The Morgan fingerprint density at radius 2 is 2.12 bits per heavy atom. The summed E-state index contributed by atoms with van der Waals surface area (Å²) in [5.41, 5.74) is 4.95. The van der Waals surface area contributed by atoms with Gasteiger partial charge in [-0.1, -0.05) is 6.07 Å². The zero-order valence-corrected chi connectivity index (χ0v) is 17.8. The fraction of sp³-hybridized carbons (Fsp3) is 0.261. The number of carbonyl (C=O) groups is 1. The van der Waals surface area contributed by atoms with Crippen LogP contribution < -0.4 is 5.32 Å². The van der Waals surface area contributed by atoms with Gasteiger partial charge in [0.2, 0.25) is 0 Å². The van der Waals surface area contributed by atoms with Gasteiger partial charge in [0, 0.05) is 25.2 Å². The van der Waals surface area contributed by atoms with E-state index < -0.39 is 6.09 Å². The number of hydrogen-bond acceptors (Lipinski definition) is 5. The minimum atomic E-state index is -0.590. The number of nitrogens with one attached hydrogen (secondary N) is 1. The van der Waals surface area contributed by atoms with E-state index in [9.17, 15) is 9.18 Å². The molecule has 0 atom stereocenters. The number of aromatic nitrogens is 4. The van der Waals surface area contributed by atoms with Crippen LogP contribution >= 0.6 is 0 Å². The number of fused-ring (bicyclic) bond motifs is 3. The number of aryl methyl sites for hydroxylation is 2. The van der Waals surface area contributed by atoms with Gasteiger partial charge in [-0.3, -0.25) is 10.00 Å². The summed E-state index contributed by atoms with van der Waals surface area (Å²) in [6.45, 7) is 3.90. The molecule has 4 aromatic rings. The maximum Gasteiger partial charge on any atom is 0.413 e. The molecule has 0 saturated carbocycles. The molecule has 9 heteroatoms. The smallest absolute Gasteiger partial charge is 0.413 e. The number of rotatable bonds is 4. The number of anilines is 1. The summed E-state index contributed by atoms with van der Waals surface area (Å²) in [6, 6.07) is 12.1. The number of benzene rings is 2. The van der Waals surface area contributed by atoms with Crippen molar-refractivity contribution in [1.29, 1.82) is 0 Å². The van der Waals surface area contributed by atoms with E-state index in [4.69, 9.17) is 9.47 Å². The SMILES string of the molecule is Cc1cc(F)ccc1-c1cc(NC(=O)OCc2ccc3c(c2)nc2n3CCOC2)n(C)n1. The Morgan fingerprint density at radius 1 is 1.25 bits per heavy atom. The van der Waals surface area contributed by atoms with Crippen LogP contribution in [0.2, 0.25) is 0 Å². The van der Waals surface area contributed by atoms with Gasteiger partial charge in [-0.2, -0.15) is 5.10 Å². The van der Waals surface area contributed by atoms with Gasteiger partial charge in [-0.15, -0.1) is 0 Å². The molecule has 3 heterocycles. The highest BCUT2D eigenvalue weighted by atomic mass is 19.1. The van der Waals surface area contributed by atoms with Crippen molar-refractivity contribution < 1.29 is 18.7 Å². The largest absolute Gasteiger partial charge is 0.444 e. The van der Waals surface area contributed by atoms with Crippen molar-refractivity contribution in [1.82, 2.24) is 19.3 Å². The Bertz CT molecular complexity index is 1330. The lowest BCUT2D eigenvalue weighted by Crippen LogP contribution is -2.16. The normalized spacial score (nSPS) is 13.2. The molecule has 0 aliphatic carbocycles. The van der Waals surface area contributed by atoms with E-state index in [1.807, 2.05) is 25.1 Å². The third kappa shape index (κ3) is 3.82. The van der Waals surface area contributed by atoms with E-state index in [0.29, 0.717) is 24.7 Å². The monoisotopic (exact) mass is 435 g/mol. The van der Waals surface area contributed by atoms with Crippen LogP contribution in [0.3, 0.4) is 0 Å². The fourth-order valence-corrected chi connectivity index (χ4v) is 3.91. The van der Waals surface area contributed by atoms with E-state index in [1.54, 1.807) is 23.9 Å². The lowest BCUT2D eigenvalue weighted by molar-refractivity contribution is 0.0830. The van der Waals surface area contributed by atoms with Crippen molar-refractivity contribution >= 4 is 22.9 Å². The number of nitrogens with zero attached hydrogens (tertiary/aromatic N) is 4. The Labute approximate surface area is 183 Å². The van der Waals surface area contributed by atoms with Crippen LogP contribution in [0.15, 0.2) is 42.5 Å². The van der Waals surface area contributed by atoms with Gasteiger partial charge in [0.15, 0.2) is 0 Å². The third-order valence-corrected chi connectivity index (χ3v) is 5.53. The second-order valence-electron chi connectivity index (χ2n) is 7.75. The number of halogens is 1. The molecule has 8 nitrogen and oxygen atoms in total. The van der Waals surface area contributed by atoms with Crippen molar-refractivity contribution in [2.24, 2.45) is 7.05 Å². The van der Waals surface area contributed by atoms with Gasteiger partial charge in [0.1, 0.15) is 30.7 Å². The first-order chi connectivity index (χ1) is 15.5. The first-order valence-corrected chi connectivity index (χ1v) is 10.3. The molecule has 0 saturated heterocycles. The van der Waals surface area contributed by atoms with Crippen molar-refractivity contribution in [2.75, 3.05) is 11.9 Å². The summed E-state index contributed by atoms with van der Waals surface area (Å²) in [5.74, 6) is 1.09. The molecule has 0 unspecified atom stereocenters. The molecule has 0 fully saturated rings. The Morgan fingerprint density at radius 3 is 2.97 bits per heavy atom. The fourth-order valence-electron chi connectivity index (χ4n) is 3.91. The molecular weight excluding hydrogens is 413 g/mol. The first-order valence-electron chi connectivity index (χ1n) is 10.3. The summed E-state index contributed by atoms with van der Waals surface area (Å²) in [7, 11) is 1.72. The van der Waals surface area contributed by atoms with Crippen LogP contribution in [-0.2, 0) is 36.3 Å². The lowest BCUT2D eigenvalue weighted by atomic mass is 10.1. The van der Waals surface area contributed by atoms with Gasteiger partial charge in [0.05, 0.1) is 23.3 Å². The molecular formula is C23H22FN5O3. The average Bonchev–Trinajstić information content (AvgIpc) is 3.32. The summed E-state index contributed by atoms with van der Waals surface area (Å²) >= 11 is 0. The number of ether oxygens (including phenoxy) is 2. The molecule has 1 N–H and O–H groups in total. The Hall–Kier alpha value is -3.72. The van der Waals surface area contributed by atoms with Crippen molar-refractivity contribution in [3.63, 3.8) is 0 Å². The highest BCUT2D eigenvalue weighted by Crippen LogP contribution is 2.26. The summed E-state index contributed by atoms with van der Waals surface area (Å²) in [5, 5.41) is 7.12. The van der Waals surface area contributed by atoms with E-state index in [2.05, 4.69) is 20.0 Å². The van der Waals surface area contributed by atoms with Crippen molar-refractivity contribution in [3.8, 4) is 11.3 Å². The molecule has 0 spiro atoms. The summed E-state index contributed by atoms with van der Waals surface area (Å²) < 4.78 is 27.9. The van der Waals surface area contributed by atoms with E-state index in [0.717, 1.165) is 40.1 Å². The molecule has 1 aliphatic rings. The molecule has 0 bridgehead atoms. The quantitative estimate of drug-likeness (QED) is 0.520. The second kappa shape index (κ2) is 8.08. The number of hydrogen-bond donors (Lipinski definition) is 1. The molecule has 2 aromatic carbocycles. The zero-order valence-electron chi connectivity index (χ0n) is 17.8. The standard InChI is InChI=1S/C23H22FN5O3/c1-14-9-16(24)4-5-17(14)18-11-21(28(2)27-18)26-23(30)32-12-15-3-6-20-19(10-15)25-22-13-31-8-7-29(20)22/h3-6,9-11H,7-8,12-13H2,1-2H3,(H,26,30).